The van der Waals surface area contributed by atoms with Gasteiger partial charge in [-0.3, -0.25) is 4.79 Å². The molecule has 0 aromatic carbocycles. The van der Waals surface area contributed by atoms with Gasteiger partial charge in [0.05, 0.1) is 12.5 Å². The normalized spacial score (nSPS) is 12.6. The molecule has 4 nitrogen and oxygen atoms in total. The van der Waals surface area contributed by atoms with Gasteiger partial charge in [-0.25, -0.2) is 4.57 Å². The zero-order chi connectivity index (χ0) is 21.0. The van der Waals surface area contributed by atoms with Crippen molar-refractivity contribution < 1.29 is 13.9 Å². The number of aromatic nitrogens is 2. The molecule has 150 valence electrons. The van der Waals surface area contributed by atoms with Crippen molar-refractivity contribution in [2.75, 3.05) is 6.54 Å². The molecule has 0 saturated heterocycles. The van der Waals surface area contributed by atoms with E-state index in [4.69, 9.17) is 0 Å². The maximum Gasteiger partial charge on any atom is 0.243 e. The highest BCUT2D eigenvalue weighted by Crippen LogP contribution is 2.27. The molecule has 0 atom stereocenters. The zero-order valence-electron chi connectivity index (χ0n) is 17.4. The third kappa shape index (κ3) is 6.80. The Labute approximate surface area is 179 Å². The lowest BCUT2D eigenvalue weighted by atomic mass is 10.0. The number of hydrogen-bond acceptors (Lipinski definition) is 1. The number of hydrogen-bond donors (Lipinski definition) is 1. The van der Waals surface area contributed by atoms with Crippen molar-refractivity contribution in [3.05, 3.63) is 49.1 Å². The van der Waals surface area contributed by atoms with E-state index < -0.39 is 0 Å². The van der Waals surface area contributed by atoms with Crippen molar-refractivity contribution in [3.63, 3.8) is 0 Å². The average molecular weight is 398 g/mol. The summed E-state index contributed by atoms with van der Waals surface area (Å²) >= 11 is 0. The fourth-order valence-electron chi connectivity index (χ4n) is 3.58. The smallest absolute Gasteiger partial charge is 0.243 e. The van der Waals surface area contributed by atoms with Crippen molar-refractivity contribution in [2.24, 2.45) is 5.92 Å². The van der Waals surface area contributed by atoms with Crippen LogP contribution in [-0.2, 0) is 11.3 Å². The molecular formula is C26H27N3O+2. The van der Waals surface area contributed by atoms with Crippen LogP contribution in [0, 0.1) is 41.6 Å². The van der Waals surface area contributed by atoms with E-state index in [2.05, 4.69) is 57.7 Å². The summed E-state index contributed by atoms with van der Waals surface area (Å²) in [4.78, 5) is 12.0. The van der Waals surface area contributed by atoms with Crippen molar-refractivity contribution in [1.29, 1.82) is 0 Å². The van der Waals surface area contributed by atoms with Gasteiger partial charge in [0.1, 0.15) is 0 Å². The van der Waals surface area contributed by atoms with Gasteiger partial charge in [0.2, 0.25) is 12.0 Å². The van der Waals surface area contributed by atoms with Crippen LogP contribution in [0.1, 0.15) is 39.0 Å². The topological polar surface area (TPSA) is 36.9 Å². The van der Waals surface area contributed by atoms with Crippen molar-refractivity contribution >= 4 is 5.91 Å². The Kier molecular flexibility index (Phi) is 8.08. The molecule has 2 aromatic rings. The average Bonchev–Trinajstić information content (AvgIpc) is 3.27. The summed E-state index contributed by atoms with van der Waals surface area (Å²) in [7, 11) is 0. The van der Waals surface area contributed by atoms with E-state index in [9.17, 15) is 4.79 Å². The summed E-state index contributed by atoms with van der Waals surface area (Å²) in [6.45, 7) is 3.17. The van der Waals surface area contributed by atoms with Crippen LogP contribution in [0.5, 0.6) is 0 Å². The minimum absolute atomic E-state index is 0.184. The Bertz CT molecular complexity index is 1030. The Hall–Kier alpha value is -3.55. The second-order valence-corrected chi connectivity index (χ2v) is 7.39. The Morgan fingerprint density at radius 1 is 0.967 bits per heavy atom. The van der Waals surface area contributed by atoms with Gasteiger partial charge in [-0.15, -0.1) is 4.57 Å². The molecule has 0 spiro atoms. The summed E-state index contributed by atoms with van der Waals surface area (Å²) in [6.07, 6.45) is 13.6. The van der Waals surface area contributed by atoms with Crippen molar-refractivity contribution in [3.8, 4) is 46.8 Å². The van der Waals surface area contributed by atoms with Crippen LogP contribution in [0.2, 0.25) is 0 Å². The standard InChI is InChI=1S/C26H26N3O/c1-2-3-4-5-8-16-28-17-11-24(12-18-28)25-13-19-29(20-14-25)21-15-27-26(30)22-23-9-6-7-10-23/h11-14,17-20,23H,6-7,9-10,15,21-22H2,1H3/q+1/p+1. The molecule has 2 aromatic heterocycles. The van der Waals surface area contributed by atoms with Gasteiger partial charge in [0.25, 0.3) is 0 Å². The second-order valence-electron chi connectivity index (χ2n) is 7.39. The van der Waals surface area contributed by atoms with Gasteiger partial charge >= 0.3 is 0 Å². The third-order valence-electron chi connectivity index (χ3n) is 5.19. The van der Waals surface area contributed by atoms with Gasteiger partial charge in [-0.2, -0.15) is 0 Å². The first kappa shape index (κ1) is 21.2. The van der Waals surface area contributed by atoms with E-state index in [0.717, 1.165) is 17.7 Å². The minimum Gasteiger partial charge on any atom is -0.350 e. The predicted octanol–water partition coefficient (Wildman–Crippen LogP) is 2.46. The molecule has 0 bridgehead atoms. The third-order valence-corrected chi connectivity index (χ3v) is 5.19. The summed E-state index contributed by atoms with van der Waals surface area (Å²) in [6, 6.07) is 11.1. The maximum absolute atomic E-state index is 12.0. The monoisotopic (exact) mass is 397 g/mol. The van der Waals surface area contributed by atoms with Crippen LogP contribution in [0.15, 0.2) is 49.1 Å². The van der Waals surface area contributed by atoms with E-state index in [-0.39, 0.29) is 5.91 Å². The fraction of sp³-hybridized carbons (Fsp3) is 0.346. The van der Waals surface area contributed by atoms with E-state index in [1.54, 1.807) is 11.5 Å². The summed E-state index contributed by atoms with van der Waals surface area (Å²) in [5.41, 5.74) is 2.25. The number of carbonyl (C=O) groups is 1. The largest absolute Gasteiger partial charge is 0.350 e. The molecule has 1 saturated carbocycles. The van der Waals surface area contributed by atoms with Gasteiger partial charge in [0.15, 0.2) is 31.3 Å². The lowest BCUT2D eigenvalue weighted by molar-refractivity contribution is -0.694. The van der Waals surface area contributed by atoms with Crippen LogP contribution in [0.3, 0.4) is 0 Å². The molecule has 3 rings (SSSR count). The molecule has 2 heterocycles. The van der Waals surface area contributed by atoms with Crippen molar-refractivity contribution in [1.82, 2.24) is 5.32 Å². The van der Waals surface area contributed by atoms with Gasteiger partial charge in [-0.1, -0.05) is 18.8 Å². The Morgan fingerprint density at radius 3 is 2.27 bits per heavy atom. The predicted molar refractivity (Wildman–Crippen MR) is 116 cm³/mol. The Balaban J connectivity index is 1.48. The molecule has 0 aliphatic heterocycles. The quantitative estimate of drug-likeness (QED) is 0.590. The van der Waals surface area contributed by atoms with Crippen LogP contribution >= 0.6 is 0 Å². The molecule has 1 N–H and O–H groups in total. The zero-order valence-corrected chi connectivity index (χ0v) is 17.4. The van der Waals surface area contributed by atoms with Gasteiger partial charge in [-0.05, 0) is 48.7 Å². The van der Waals surface area contributed by atoms with E-state index in [1.165, 1.54) is 25.7 Å². The lowest BCUT2D eigenvalue weighted by Crippen LogP contribution is -2.40. The molecule has 0 unspecified atom stereocenters. The number of carbonyl (C=O) groups excluding carboxylic acids is 1. The van der Waals surface area contributed by atoms with Crippen LogP contribution in [-0.4, -0.2) is 12.5 Å². The molecule has 30 heavy (non-hydrogen) atoms. The highest BCUT2D eigenvalue weighted by atomic mass is 16.1. The minimum atomic E-state index is 0.184. The van der Waals surface area contributed by atoms with Crippen LogP contribution in [0.4, 0.5) is 0 Å². The van der Waals surface area contributed by atoms with Gasteiger partial charge in [0, 0.05) is 36.6 Å². The molecule has 1 aliphatic rings. The van der Waals surface area contributed by atoms with Gasteiger partial charge < -0.3 is 5.32 Å². The molecule has 4 heteroatoms. The first-order chi connectivity index (χ1) is 14.7. The highest BCUT2D eigenvalue weighted by molar-refractivity contribution is 5.76. The number of amides is 1. The molecule has 1 amide bonds. The second kappa shape index (κ2) is 11.5. The highest BCUT2D eigenvalue weighted by Gasteiger charge is 2.18. The SMILES string of the molecule is CC#CC#CC#C[n+]1ccc(-c2cc[n+](CCNC(=O)CC3CCCC3)cc2)cc1. The van der Waals surface area contributed by atoms with E-state index in [0.29, 0.717) is 18.9 Å². The molecular weight excluding hydrogens is 370 g/mol. The number of rotatable bonds is 6. The summed E-state index contributed by atoms with van der Waals surface area (Å²) in [5, 5.41) is 3.05. The number of pyridine rings is 2. The summed E-state index contributed by atoms with van der Waals surface area (Å²) in [5.74, 6) is 14.3. The number of nitrogens with one attached hydrogen (secondary N) is 1. The van der Waals surface area contributed by atoms with E-state index >= 15 is 0 Å². The first-order valence-electron chi connectivity index (χ1n) is 10.4. The van der Waals surface area contributed by atoms with Crippen molar-refractivity contribution in [2.45, 2.75) is 45.6 Å². The summed E-state index contributed by atoms with van der Waals surface area (Å²) < 4.78 is 3.86. The number of nitrogens with zero attached hydrogens (tertiary/aromatic N) is 2. The van der Waals surface area contributed by atoms with Crippen LogP contribution in [0.25, 0.3) is 11.1 Å². The molecule has 0 radical (unpaired) electrons. The fourth-order valence-corrected chi connectivity index (χ4v) is 3.58. The van der Waals surface area contributed by atoms with Crippen LogP contribution < -0.4 is 14.5 Å². The maximum atomic E-state index is 12.0. The lowest BCUT2D eigenvalue weighted by Gasteiger charge is -2.08. The molecule has 1 fully saturated rings. The molecule has 1 aliphatic carbocycles. The Morgan fingerprint density at radius 2 is 1.60 bits per heavy atom. The van der Waals surface area contributed by atoms with E-state index in [1.807, 2.05) is 36.9 Å². The first-order valence-corrected chi connectivity index (χ1v) is 10.4.